The lowest BCUT2D eigenvalue weighted by atomic mass is 10.0. The van der Waals surface area contributed by atoms with Gasteiger partial charge in [-0.25, -0.2) is 0 Å². The fraction of sp³-hybridized carbons (Fsp3) is 0. The fourth-order valence-electron chi connectivity index (χ4n) is 2.02. The highest BCUT2D eigenvalue weighted by Gasteiger charge is 2.15. The molecular weight excluding hydrogens is 340 g/mol. The van der Waals surface area contributed by atoms with Crippen molar-refractivity contribution >= 4 is 33.3 Å². The molecule has 0 amide bonds. The SMILES string of the molecule is Nc1n[nH]c(-c2ccc(Cl)c(Br)c2)c1-c1cccnc1. The first kappa shape index (κ1) is 13.1. The number of benzene rings is 1. The molecule has 0 saturated carbocycles. The van der Waals surface area contributed by atoms with Crippen LogP contribution >= 0.6 is 27.5 Å². The number of aromatic amines is 1. The Hall–Kier alpha value is -1.85. The van der Waals surface area contributed by atoms with Gasteiger partial charge in [0, 0.05) is 28.0 Å². The first-order valence-corrected chi connectivity index (χ1v) is 7.03. The smallest absolute Gasteiger partial charge is 0.153 e. The second-order valence-electron chi connectivity index (χ2n) is 4.23. The Labute approximate surface area is 129 Å². The average molecular weight is 350 g/mol. The van der Waals surface area contributed by atoms with Crippen LogP contribution in [0.5, 0.6) is 0 Å². The summed E-state index contributed by atoms with van der Waals surface area (Å²) in [6, 6.07) is 9.48. The minimum atomic E-state index is 0.444. The van der Waals surface area contributed by atoms with Crippen molar-refractivity contribution < 1.29 is 0 Å². The Kier molecular flexibility index (Phi) is 3.46. The molecule has 2 heterocycles. The van der Waals surface area contributed by atoms with E-state index in [1.165, 1.54) is 0 Å². The van der Waals surface area contributed by atoms with Crippen molar-refractivity contribution in [2.24, 2.45) is 0 Å². The largest absolute Gasteiger partial charge is 0.382 e. The number of nitrogens with one attached hydrogen (secondary N) is 1. The lowest BCUT2D eigenvalue weighted by Gasteiger charge is -2.05. The maximum Gasteiger partial charge on any atom is 0.153 e. The highest BCUT2D eigenvalue weighted by atomic mass is 79.9. The van der Waals surface area contributed by atoms with Crippen molar-refractivity contribution in [1.29, 1.82) is 0 Å². The second-order valence-corrected chi connectivity index (χ2v) is 5.49. The minimum absolute atomic E-state index is 0.444. The molecule has 0 fully saturated rings. The van der Waals surface area contributed by atoms with Gasteiger partial charge in [-0.2, -0.15) is 5.10 Å². The summed E-state index contributed by atoms with van der Waals surface area (Å²) in [5, 5.41) is 7.72. The fourth-order valence-corrected chi connectivity index (χ4v) is 2.52. The number of nitrogen functional groups attached to an aromatic ring is 1. The van der Waals surface area contributed by atoms with E-state index in [2.05, 4.69) is 31.1 Å². The molecule has 20 heavy (non-hydrogen) atoms. The molecule has 0 spiro atoms. The number of rotatable bonds is 2. The van der Waals surface area contributed by atoms with Crippen molar-refractivity contribution in [1.82, 2.24) is 15.2 Å². The molecule has 0 aliphatic heterocycles. The van der Waals surface area contributed by atoms with Gasteiger partial charge in [-0.3, -0.25) is 10.1 Å². The zero-order valence-electron chi connectivity index (χ0n) is 10.3. The van der Waals surface area contributed by atoms with Crippen LogP contribution in [0, 0.1) is 0 Å². The number of hydrogen-bond donors (Lipinski definition) is 2. The molecule has 0 aliphatic carbocycles. The summed E-state index contributed by atoms with van der Waals surface area (Å²) < 4.78 is 0.821. The molecule has 2 aromatic heterocycles. The van der Waals surface area contributed by atoms with Crippen molar-refractivity contribution in [3.8, 4) is 22.4 Å². The molecule has 0 radical (unpaired) electrons. The van der Waals surface area contributed by atoms with E-state index in [-0.39, 0.29) is 0 Å². The highest BCUT2D eigenvalue weighted by Crippen LogP contribution is 2.36. The first-order chi connectivity index (χ1) is 9.66. The number of aromatic nitrogens is 3. The Morgan fingerprint density at radius 3 is 2.75 bits per heavy atom. The summed E-state index contributed by atoms with van der Waals surface area (Å²) in [4.78, 5) is 4.12. The summed E-state index contributed by atoms with van der Waals surface area (Å²) in [7, 11) is 0. The van der Waals surface area contributed by atoms with Crippen LogP contribution in [-0.2, 0) is 0 Å². The second kappa shape index (κ2) is 5.26. The third-order valence-corrected chi connectivity index (χ3v) is 4.17. The van der Waals surface area contributed by atoms with Gasteiger partial charge in [-0.05, 0) is 34.1 Å². The Morgan fingerprint density at radius 1 is 1.20 bits per heavy atom. The number of anilines is 1. The number of H-pyrrole nitrogens is 1. The van der Waals surface area contributed by atoms with Gasteiger partial charge >= 0.3 is 0 Å². The lowest BCUT2D eigenvalue weighted by Crippen LogP contribution is -1.89. The maximum absolute atomic E-state index is 6.02. The van der Waals surface area contributed by atoms with Crippen molar-refractivity contribution in [2.45, 2.75) is 0 Å². The normalized spacial score (nSPS) is 10.7. The molecule has 3 N–H and O–H groups in total. The van der Waals surface area contributed by atoms with E-state index < -0.39 is 0 Å². The summed E-state index contributed by atoms with van der Waals surface area (Å²) in [6.07, 6.45) is 3.48. The molecule has 3 aromatic rings. The zero-order chi connectivity index (χ0) is 14.1. The van der Waals surface area contributed by atoms with Gasteiger partial charge in [-0.1, -0.05) is 23.7 Å². The predicted molar refractivity (Wildman–Crippen MR) is 84.4 cm³/mol. The quantitative estimate of drug-likeness (QED) is 0.730. The number of nitrogens with zero attached hydrogens (tertiary/aromatic N) is 2. The van der Waals surface area contributed by atoms with Crippen molar-refractivity contribution in [2.75, 3.05) is 5.73 Å². The summed E-state index contributed by atoms with van der Waals surface area (Å²) in [5.74, 6) is 0.444. The van der Waals surface area contributed by atoms with E-state index in [9.17, 15) is 0 Å². The van der Waals surface area contributed by atoms with Crippen molar-refractivity contribution in [3.05, 3.63) is 52.2 Å². The van der Waals surface area contributed by atoms with Gasteiger partial charge in [0.2, 0.25) is 0 Å². The summed E-state index contributed by atoms with van der Waals surface area (Å²) in [6.45, 7) is 0. The summed E-state index contributed by atoms with van der Waals surface area (Å²) in [5.41, 5.74) is 9.52. The first-order valence-electron chi connectivity index (χ1n) is 5.86. The molecule has 100 valence electrons. The van der Waals surface area contributed by atoms with E-state index in [1.807, 2.05) is 30.3 Å². The molecular formula is C14H10BrClN4. The van der Waals surface area contributed by atoms with Crippen LogP contribution in [0.15, 0.2) is 47.2 Å². The molecule has 0 saturated heterocycles. The number of nitrogens with two attached hydrogens (primary N) is 1. The van der Waals surface area contributed by atoms with Crippen LogP contribution < -0.4 is 5.73 Å². The van der Waals surface area contributed by atoms with Crippen LogP contribution in [0.2, 0.25) is 5.02 Å². The van der Waals surface area contributed by atoms with E-state index in [1.54, 1.807) is 12.4 Å². The monoisotopic (exact) mass is 348 g/mol. The van der Waals surface area contributed by atoms with Gasteiger partial charge in [-0.15, -0.1) is 0 Å². The Morgan fingerprint density at radius 2 is 2.05 bits per heavy atom. The number of hydrogen-bond acceptors (Lipinski definition) is 3. The third-order valence-electron chi connectivity index (χ3n) is 2.95. The Balaban J connectivity index is 2.18. The van der Waals surface area contributed by atoms with Gasteiger partial charge in [0.15, 0.2) is 5.82 Å². The predicted octanol–water partition coefficient (Wildman–Crippen LogP) is 4.14. The molecule has 0 atom stereocenters. The summed E-state index contributed by atoms with van der Waals surface area (Å²) >= 11 is 9.44. The van der Waals surface area contributed by atoms with Crippen LogP contribution in [0.4, 0.5) is 5.82 Å². The van der Waals surface area contributed by atoms with Crippen molar-refractivity contribution in [3.63, 3.8) is 0 Å². The maximum atomic E-state index is 6.02. The molecule has 0 bridgehead atoms. The lowest BCUT2D eigenvalue weighted by molar-refractivity contribution is 1.10. The number of pyridine rings is 1. The molecule has 0 aliphatic rings. The standard InChI is InChI=1S/C14H10BrClN4/c15-10-6-8(3-4-11(10)16)13-12(14(17)20-19-13)9-2-1-5-18-7-9/h1-7H,(H3,17,19,20). The average Bonchev–Trinajstić information content (AvgIpc) is 2.85. The molecule has 1 aromatic carbocycles. The number of halogens is 2. The van der Waals surface area contributed by atoms with Gasteiger partial charge < -0.3 is 5.73 Å². The molecule has 6 heteroatoms. The molecule has 4 nitrogen and oxygen atoms in total. The van der Waals surface area contributed by atoms with Gasteiger partial charge in [0.1, 0.15) is 0 Å². The van der Waals surface area contributed by atoms with E-state index >= 15 is 0 Å². The topological polar surface area (TPSA) is 67.6 Å². The van der Waals surface area contributed by atoms with Gasteiger partial charge in [0.25, 0.3) is 0 Å². The molecule has 0 unspecified atom stereocenters. The van der Waals surface area contributed by atoms with E-state index in [4.69, 9.17) is 17.3 Å². The Bertz CT molecular complexity index is 755. The van der Waals surface area contributed by atoms with E-state index in [0.717, 1.165) is 26.9 Å². The van der Waals surface area contributed by atoms with Crippen LogP contribution in [0.25, 0.3) is 22.4 Å². The highest BCUT2D eigenvalue weighted by molar-refractivity contribution is 9.10. The zero-order valence-corrected chi connectivity index (χ0v) is 12.6. The third kappa shape index (κ3) is 2.30. The van der Waals surface area contributed by atoms with Crippen LogP contribution in [-0.4, -0.2) is 15.2 Å². The molecule has 3 rings (SSSR count). The van der Waals surface area contributed by atoms with Crippen LogP contribution in [0.1, 0.15) is 0 Å². The minimum Gasteiger partial charge on any atom is -0.382 e. The van der Waals surface area contributed by atoms with Crippen LogP contribution in [0.3, 0.4) is 0 Å². The van der Waals surface area contributed by atoms with Gasteiger partial charge in [0.05, 0.1) is 16.3 Å². The van der Waals surface area contributed by atoms with E-state index in [0.29, 0.717) is 10.8 Å².